The van der Waals surface area contributed by atoms with E-state index in [9.17, 15) is 0 Å². The number of rotatable bonds is 1. The number of nitrogens with zero attached hydrogens (tertiary/aromatic N) is 2. The maximum absolute atomic E-state index is 6.32. The molecule has 0 aliphatic heterocycles. The zero-order valence-corrected chi connectivity index (χ0v) is 14.4. The number of hydrogen-bond acceptors (Lipinski definition) is 2. The zero-order valence-electron chi connectivity index (χ0n) is 12.9. The van der Waals surface area contributed by atoms with Crippen molar-refractivity contribution in [3.05, 3.63) is 71.0 Å². The molecule has 2 aromatic heterocycles. The molecule has 120 valence electrons. The van der Waals surface area contributed by atoms with Gasteiger partial charge in [-0.15, -0.1) is 0 Å². The topological polar surface area (TPSA) is 41.6 Å². The Morgan fingerprint density at radius 2 is 1.28 bits per heavy atom. The number of pyridine rings is 1. The third-order valence-corrected chi connectivity index (χ3v) is 5.04. The van der Waals surface area contributed by atoms with Gasteiger partial charge in [-0.05, 0) is 10.8 Å². The van der Waals surface area contributed by atoms with Crippen molar-refractivity contribution in [1.29, 1.82) is 0 Å². The third-order valence-electron chi connectivity index (χ3n) is 4.46. The fourth-order valence-electron chi connectivity index (χ4n) is 3.38. The van der Waals surface area contributed by atoms with Crippen LogP contribution in [0.25, 0.3) is 44.0 Å². The average Bonchev–Trinajstić information content (AvgIpc) is 3.07. The van der Waals surface area contributed by atoms with E-state index < -0.39 is 0 Å². The molecule has 0 fully saturated rings. The highest BCUT2D eigenvalue weighted by molar-refractivity contribution is 6.39. The van der Waals surface area contributed by atoms with E-state index in [-0.39, 0.29) is 0 Å². The minimum absolute atomic E-state index is 0.472. The summed E-state index contributed by atoms with van der Waals surface area (Å²) in [5.41, 5.74) is 2.56. The molecule has 0 unspecified atom stereocenters. The lowest BCUT2D eigenvalue weighted by atomic mass is 10.0. The Morgan fingerprint density at radius 3 is 1.96 bits per heavy atom. The molecule has 1 N–H and O–H groups in total. The Bertz CT molecular complexity index is 1180. The predicted octanol–water partition coefficient (Wildman–Crippen LogP) is 6.24. The zero-order chi connectivity index (χ0) is 17.0. The SMILES string of the molecule is Clc1cncc(Cl)c1-c1nc2c3ccccc3c3ccccc3c2[nH]1. The first-order valence-electron chi connectivity index (χ1n) is 7.82. The minimum Gasteiger partial charge on any atom is -0.337 e. The molecule has 0 aliphatic rings. The monoisotopic (exact) mass is 363 g/mol. The second-order valence-corrected chi connectivity index (χ2v) is 6.69. The van der Waals surface area contributed by atoms with Gasteiger partial charge in [-0.25, -0.2) is 4.98 Å². The maximum Gasteiger partial charge on any atom is 0.141 e. The van der Waals surface area contributed by atoms with Gasteiger partial charge in [0.15, 0.2) is 0 Å². The molecule has 0 radical (unpaired) electrons. The van der Waals surface area contributed by atoms with E-state index in [0.717, 1.165) is 21.8 Å². The molecule has 0 amide bonds. The van der Waals surface area contributed by atoms with Crippen LogP contribution in [-0.2, 0) is 0 Å². The molecule has 2 heterocycles. The first-order chi connectivity index (χ1) is 12.2. The summed E-state index contributed by atoms with van der Waals surface area (Å²) in [6, 6.07) is 16.6. The number of hydrogen-bond donors (Lipinski definition) is 1. The summed E-state index contributed by atoms with van der Waals surface area (Å²) >= 11 is 12.6. The number of nitrogens with one attached hydrogen (secondary N) is 1. The molecule has 5 rings (SSSR count). The molecule has 0 bridgehead atoms. The standard InChI is InChI=1S/C20H11Cl2N3/c21-15-9-23-10-16(22)17(15)20-24-18-13-7-3-1-5-11(13)12-6-2-4-8-14(12)19(18)25-20/h1-10H,(H,24,25). The van der Waals surface area contributed by atoms with Crippen LogP contribution in [0.15, 0.2) is 60.9 Å². The lowest BCUT2D eigenvalue weighted by molar-refractivity contribution is 1.29. The first kappa shape index (κ1) is 14.7. The maximum atomic E-state index is 6.32. The highest BCUT2D eigenvalue weighted by Gasteiger charge is 2.17. The van der Waals surface area contributed by atoms with Gasteiger partial charge in [0, 0.05) is 23.2 Å². The van der Waals surface area contributed by atoms with Crippen LogP contribution in [-0.4, -0.2) is 15.0 Å². The van der Waals surface area contributed by atoms with Crippen molar-refractivity contribution in [3.63, 3.8) is 0 Å². The summed E-state index contributed by atoms with van der Waals surface area (Å²) in [5, 5.41) is 5.53. The van der Waals surface area contributed by atoms with Gasteiger partial charge in [-0.2, -0.15) is 0 Å². The number of aromatic amines is 1. The van der Waals surface area contributed by atoms with Crippen molar-refractivity contribution >= 4 is 55.8 Å². The van der Waals surface area contributed by atoms with Crippen LogP contribution in [0.3, 0.4) is 0 Å². The second-order valence-electron chi connectivity index (χ2n) is 5.88. The number of imidazole rings is 1. The Kier molecular flexibility index (Phi) is 3.20. The Morgan fingerprint density at radius 1 is 0.720 bits per heavy atom. The largest absolute Gasteiger partial charge is 0.337 e. The van der Waals surface area contributed by atoms with Gasteiger partial charge in [-0.1, -0.05) is 71.7 Å². The van der Waals surface area contributed by atoms with Crippen molar-refractivity contribution in [3.8, 4) is 11.4 Å². The normalized spacial score (nSPS) is 11.6. The van der Waals surface area contributed by atoms with Crippen LogP contribution >= 0.6 is 23.2 Å². The minimum atomic E-state index is 0.472. The fraction of sp³-hybridized carbons (Fsp3) is 0. The summed E-state index contributed by atoms with van der Waals surface area (Å²) in [7, 11) is 0. The van der Waals surface area contributed by atoms with Gasteiger partial charge in [0.1, 0.15) is 5.82 Å². The Labute approximate surface area is 153 Å². The van der Waals surface area contributed by atoms with Crippen LogP contribution in [0.2, 0.25) is 10.0 Å². The molecular weight excluding hydrogens is 353 g/mol. The molecule has 5 heteroatoms. The second kappa shape index (κ2) is 5.45. The molecule has 0 atom stereocenters. The molecule has 0 saturated heterocycles. The molecule has 5 aromatic rings. The Balaban J connectivity index is 1.98. The molecule has 3 nitrogen and oxygen atoms in total. The van der Waals surface area contributed by atoms with Crippen LogP contribution in [0.1, 0.15) is 0 Å². The highest BCUT2D eigenvalue weighted by atomic mass is 35.5. The molecule has 3 aromatic carbocycles. The average molecular weight is 364 g/mol. The highest BCUT2D eigenvalue weighted by Crippen LogP contribution is 2.38. The molecule has 0 saturated carbocycles. The predicted molar refractivity (Wildman–Crippen MR) is 104 cm³/mol. The van der Waals surface area contributed by atoms with E-state index in [4.69, 9.17) is 28.2 Å². The number of fused-ring (bicyclic) bond motifs is 6. The van der Waals surface area contributed by atoms with Crippen LogP contribution < -0.4 is 0 Å². The van der Waals surface area contributed by atoms with E-state index in [1.807, 2.05) is 18.2 Å². The summed E-state index contributed by atoms with van der Waals surface area (Å²) in [6.07, 6.45) is 3.15. The lowest BCUT2D eigenvalue weighted by Gasteiger charge is -2.05. The summed E-state index contributed by atoms with van der Waals surface area (Å²) in [4.78, 5) is 12.3. The summed E-state index contributed by atoms with van der Waals surface area (Å²) in [6.45, 7) is 0. The van der Waals surface area contributed by atoms with E-state index in [0.29, 0.717) is 21.4 Å². The lowest BCUT2D eigenvalue weighted by Crippen LogP contribution is -1.85. The summed E-state index contributed by atoms with van der Waals surface area (Å²) < 4.78 is 0. The van der Waals surface area contributed by atoms with Crippen LogP contribution in [0.5, 0.6) is 0 Å². The summed E-state index contributed by atoms with van der Waals surface area (Å²) in [5.74, 6) is 0.647. The number of benzene rings is 3. The third kappa shape index (κ3) is 2.13. The molecule has 0 aliphatic carbocycles. The smallest absolute Gasteiger partial charge is 0.141 e. The number of aromatic nitrogens is 3. The van der Waals surface area contributed by atoms with E-state index in [2.05, 4.69) is 40.3 Å². The molecule has 0 spiro atoms. The molecular formula is C20H11Cl2N3. The van der Waals surface area contributed by atoms with E-state index >= 15 is 0 Å². The van der Waals surface area contributed by atoms with Crippen LogP contribution in [0.4, 0.5) is 0 Å². The molecule has 25 heavy (non-hydrogen) atoms. The van der Waals surface area contributed by atoms with E-state index in [1.54, 1.807) is 12.4 Å². The van der Waals surface area contributed by atoms with E-state index in [1.165, 1.54) is 10.8 Å². The number of halogens is 2. The quantitative estimate of drug-likeness (QED) is 0.358. The van der Waals surface area contributed by atoms with Gasteiger partial charge >= 0.3 is 0 Å². The van der Waals surface area contributed by atoms with Gasteiger partial charge in [0.25, 0.3) is 0 Å². The number of H-pyrrole nitrogens is 1. The van der Waals surface area contributed by atoms with Crippen molar-refractivity contribution in [1.82, 2.24) is 15.0 Å². The van der Waals surface area contributed by atoms with Gasteiger partial charge in [0.05, 0.1) is 26.6 Å². The van der Waals surface area contributed by atoms with Gasteiger partial charge < -0.3 is 4.98 Å². The van der Waals surface area contributed by atoms with Crippen molar-refractivity contribution < 1.29 is 0 Å². The van der Waals surface area contributed by atoms with Gasteiger partial charge in [0.2, 0.25) is 0 Å². The fourth-order valence-corrected chi connectivity index (χ4v) is 3.92. The van der Waals surface area contributed by atoms with Crippen molar-refractivity contribution in [2.24, 2.45) is 0 Å². The van der Waals surface area contributed by atoms with Crippen molar-refractivity contribution in [2.45, 2.75) is 0 Å². The van der Waals surface area contributed by atoms with Crippen LogP contribution in [0, 0.1) is 0 Å². The first-order valence-corrected chi connectivity index (χ1v) is 8.58. The van der Waals surface area contributed by atoms with Gasteiger partial charge in [-0.3, -0.25) is 4.98 Å². The van der Waals surface area contributed by atoms with Crippen molar-refractivity contribution in [2.75, 3.05) is 0 Å². The Hall–Kier alpha value is -2.62.